The van der Waals surface area contributed by atoms with E-state index < -0.39 is 0 Å². The molecule has 0 radical (unpaired) electrons. The van der Waals surface area contributed by atoms with Crippen LogP contribution in [-0.2, 0) is 9.47 Å². The molecule has 2 heteroatoms. The number of rotatable bonds is 1. The Bertz CT molecular complexity index is 179. The van der Waals surface area contributed by atoms with Crippen LogP contribution in [0.5, 0.6) is 0 Å². The predicted molar refractivity (Wildman–Crippen MR) is 46.8 cm³/mol. The second-order valence-corrected chi connectivity index (χ2v) is 4.51. The van der Waals surface area contributed by atoms with E-state index in [4.69, 9.17) is 9.47 Å². The largest absolute Gasteiger partial charge is 0.344 e. The van der Waals surface area contributed by atoms with Crippen molar-refractivity contribution >= 4 is 0 Å². The highest BCUT2D eigenvalue weighted by Crippen LogP contribution is 2.41. The van der Waals surface area contributed by atoms with Gasteiger partial charge in [0, 0.05) is 6.42 Å². The molecule has 0 N–H and O–H groups in total. The quantitative estimate of drug-likeness (QED) is 0.601. The fraction of sp³-hybridized carbons (Fsp3) is 1.00. The van der Waals surface area contributed by atoms with E-state index in [-0.39, 0.29) is 5.79 Å². The van der Waals surface area contributed by atoms with E-state index in [2.05, 4.69) is 20.8 Å². The zero-order valence-electron chi connectivity index (χ0n) is 8.17. The molecule has 2 fully saturated rings. The van der Waals surface area contributed by atoms with Crippen LogP contribution in [0.25, 0.3) is 0 Å². The van der Waals surface area contributed by atoms with Gasteiger partial charge in [-0.15, -0.1) is 0 Å². The van der Waals surface area contributed by atoms with Crippen LogP contribution in [0.1, 0.15) is 40.0 Å². The maximum absolute atomic E-state index is 5.91. The molecule has 2 rings (SSSR count). The van der Waals surface area contributed by atoms with Crippen molar-refractivity contribution in [1.82, 2.24) is 0 Å². The van der Waals surface area contributed by atoms with Crippen molar-refractivity contribution in [2.45, 2.75) is 58.0 Å². The van der Waals surface area contributed by atoms with Crippen molar-refractivity contribution in [2.75, 3.05) is 0 Å². The van der Waals surface area contributed by atoms with Gasteiger partial charge in [0.15, 0.2) is 5.79 Å². The van der Waals surface area contributed by atoms with Crippen molar-refractivity contribution in [2.24, 2.45) is 5.92 Å². The maximum atomic E-state index is 5.91. The van der Waals surface area contributed by atoms with Crippen LogP contribution in [0.15, 0.2) is 0 Å². The molecule has 2 bridgehead atoms. The van der Waals surface area contributed by atoms with E-state index in [1.54, 1.807) is 0 Å². The second kappa shape index (κ2) is 2.71. The summed E-state index contributed by atoms with van der Waals surface area (Å²) >= 11 is 0. The molecular formula is C10H18O2. The van der Waals surface area contributed by atoms with E-state index in [0.29, 0.717) is 18.1 Å². The van der Waals surface area contributed by atoms with Crippen LogP contribution >= 0.6 is 0 Å². The first-order chi connectivity index (χ1) is 5.61. The molecule has 70 valence electrons. The molecule has 0 aromatic carbocycles. The lowest BCUT2D eigenvalue weighted by Crippen LogP contribution is -2.30. The second-order valence-electron chi connectivity index (χ2n) is 4.51. The molecule has 2 saturated heterocycles. The molecule has 0 aliphatic carbocycles. The molecule has 2 aliphatic rings. The normalized spacial score (nSPS) is 47.0. The van der Waals surface area contributed by atoms with Crippen LogP contribution in [0.2, 0.25) is 0 Å². The molecule has 0 aromatic rings. The van der Waals surface area contributed by atoms with Crippen LogP contribution in [0.3, 0.4) is 0 Å². The van der Waals surface area contributed by atoms with Crippen LogP contribution in [-0.4, -0.2) is 18.0 Å². The first-order valence-corrected chi connectivity index (χ1v) is 4.96. The smallest absolute Gasteiger partial charge is 0.166 e. The lowest BCUT2D eigenvalue weighted by Gasteiger charge is -2.26. The maximum Gasteiger partial charge on any atom is 0.166 e. The third-order valence-electron chi connectivity index (χ3n) is 2.93. The first-order valence-electron chi connectivity index (χ1n) is 4.96. The molecule has 0 amide bonds. The topological polar surface area (TPSA) is 18.5 Å². The first kappa shape index (κ1) is 8.52. The Morgan fingerprint density at radius 2 is 2.08 bits per heavy atom. The number of hydrogen-bond donors (Lipinski definition) is 0. The van der Waals surface area contributed by atoms with Crippen molar-refractivity contribution < 1.29 is 9.47 Å². The number of ether oxygens (including phenoxy) is 2. The van der Waals surface area contributed by atoms with Gasteiger partial charge in [-0.3, -0.25) is 0 Å². The molecule has 2 nitrogen and oxygen atoms in total. The highest BCUT2D eigenvalue weighted by Gasteiger charge is 2.47. The van der Waals surface area contributed by atoms with Gasteiger partial charge in [-0.1, -0.05) is 13.8 Å². The van der Waals surface area contributed by atoms with E-state index in [0.717, 1.165) is 6.42 Å². The van der Waals surface area contributed by atoms with Crippen LogP contribution in [0, 0.1) is 5.92 Å². The summed E-state index contributed by atoms with van der Waals surface area (Å²) in [5.74, 6) is 0.327. The van der Waals surface area contributed by atoms with Crippen molar-refractivity contribution in [3.63, 3.8) is 0 Å². The van der Waals surface area contributed by atoms with Crippen LogP contribution < -0.4 is 0 Å². The SMILES string of the molecule is CC(C)[C@H]1O[C@]2(C)CCC[C@@H]1O2. The molecular weight excluding hydrogens is 152 g/mol. The molecule has 3 atom stereocenters. The zero-order chi connectivity index (χ0) is 8.77. The van der Waals surface area contributed by atoms with Crippen LogP contribution in [0.4, 0.5) is 0 Å². The lowest BCUT2D eigenvalue weighted by atomic mass is 9.97. The molecule has 2 heterocycles. The Labute approximate surface area is 74.2 Å². The minimum absolute atomic E-state index is 0.252. The highest BCUT2D eigenvalue weighted by molar-refractivity contribution is 4.89. The van der Waals surface area contributed by atoms with Gasteiger partial charge >= 0.3 is 0 Å². The summed E-state index contributed by atoms with van der Waals surface area (Å²) in [6.45, 7) is 6.48. The Morgan fingerprint density at radius 3 is 2.67 bits per heavy atom. The average molecular weight is 170 g/mol. The molecule has 0 saturated carbocycles. The van der Waals surface area contributed by atoms with Gasteiger partial charge in [0.05, 0.1) is 12.2 Å². The number of fused-ring (bicyclic) bond motifs is 2. The van der Waals surface area contributed by atoms with Gasteiger partial charge in [0.2, 0.25) is 0 Å². The molecule has 0 spiro atoms. The molecule has 12 heavy (non-hydrogen) atoms. The van der Waals surface area contributed by atoms with E-state index in [1.165, 1.54) is 12.8 Å². The third-order valence-corrected chi connectivity index (χ3v) is 2.93. The van der Waals surface area contributed by atoms with E-state index in [1.807, 2.05) is 0 Å². The van der Waals surface area contributed by atoms with Gasteiger partial charge in [-0.05, 0) is 25.7 Å². The fourth-order valence-corrected chi connectivity index (χ4v) is 2.31. The van der Waals surface area contributed by atoms with E-state index in [9.17, 15) is 0 Å². The lowest BCUT2D eigenvalue weighted by molar-refractivity contribution is -0.181. The third kappa shape index (κ3) is 1.27. The minimum atomic E-state index is -0.252. The predicted octanol–water partition coefficient (Wildman–Crippen LogP) is 2.33. The van der Waals surface area contributed by atoms with Gasteiger partial charge < -0.3 is 9.47 Å². The summed E-state index contributed by atoms with van der Waals surface area (Å²) in [5, 5.41) is 0. The van der Waals surface area contributed by atoms with Crippen molar-refractivity contribution in [3.05, 3.63) is 0 Å². The van der Waals surface area contributed by atoms with Gasteiger partial charge in [0.1, 0.15) is 0 Å². The average Bonchev–Trinajstić information content (AvgIpc) is 2.22. The summed E-state index contributed by atoms with van der Waals surface area (Å²) in [4.78, 5) is 0. The van der Waals surface area contributed by atoms with E-state index >= 15 is 0 Å². The fourth-order valence-electron chi connectivity index (χ4n) is 2.31. The Kier molecular flexibility index (Phi) is 1.92. The summed E-state index contributed by atoms with van der Waals surface area (Å²) in [5.41, 5.74) is 0. The van der Waals surface area contributed by atoms with Gasteiger partial charge in [0.25, 0.3) is 0 Å². The van der Waals surface area contributed by atoms with Gasteiger partial charge in [-0.25, -0.2) is 0 Å². The molecule has 0 unspecified atom stereocenters. The highest BCUT2D eigenvalue weighted by atomic mass is 16.8. The summed E-state index contributed by atoms with van der Waals surface area (Å²) in [6.07, 6.45) is 4.19. The summed E-state index contributed by atoms with van der Waals surface area (Å²) in [7, 11) is 0. The monoisotopic (exact) mass is 170 g/mol. The van der Waals surface area contributed by atoms with Gasteiger partial charge in [-0.2, -0.15) is 0 Å². The summed E-state index contributed by atoms with van der Waals surface area (Å²) < 4.78 is 11.7. The van der Waals surface area contributed by atoms with Crippen molar-refractivity contribution in [3.8, 4) is 0 Å². The zero-order valence-corrected chi connectivity index (χ0v) is 8.17. The molecule has 2 aliphatic heterocycles. The Hall–Kier alpha value is -0.0800. The van der Waals surface area contributed by atoms with Crippen molar-refractivity contribution in [1.29, 1.82) is 0 Å². The Morgan fingerprint density at radius 1 is 1.33 bits per heavy atom. The minimum Gasteiger partial charge on any atom is -0.344 e. The standard InChI is InChI=1S/C10H18O2/c1-7(2)9-8-5-4-6-10(3,11-8)12-9/h7-9H,4-6H2,1-3H3/t8-,9+,10+/m0/s1. The Balaban J connectivity index is 2.12. The summed E-state index contributed by atoms with van der Waals surface area (Å²) in [6, 6.07) is 0. The number of hydrogen-bond acceptors (Lipinski definition) is 2. The molecule has 0 aromatic heterocycles.